The Morgan fingerprint density at radius 3 is 2.64 bits per heavy atom. The highest BCUT2D eigenvalue weighted by Crippen LogP contribution is 2.30. The minimum absolute atomic E-state index is 0.121. The lowest BCUT2D eigenvalue weighted by Gasteiger charge is -2.37. The fraction of sp³-hybridized carbons (Fsp3) is 0.600. The summed E-state index contributed by atoms with van der Waals surface area (Å²) in [6.07, 6.45) is 3.58. The summed E-state index contributed by atoms with van der Waals surface area (Å²) in [6, 6.07) is 8.41. The number of anilines is 1. The van der Waals surface area contributed by atoms with Gasteiger partial charge in [-0.15, -0.1) is 0 Å². The van der Waals surface area contributed by atoms with Gasteiger partial charge in [-0.2, -0.15) is 4.37 Å². The molecule has 0 saturated carbocycles. The zero-order chi connectivity index (χ0) is 19.3. The monoisotopic (exact) mass is 402 g/mol. The summed E-state index contributed by atoms with van der Waals surface area (Å²) in [4.78, 5) is 16.4. The third-order valence-corrected chi connectivity index (χ3v) is 6.80. The van der Waals surface area contributed by atoms with E-state index >= 15 is 0 Å². The number of hydrogen-bond acceptors (Lipinski definition) is 6. The summed E-state index contributed by atoms with van der Waals surface area (Å²) in [5.74, 6) is 1.93. The van der Waals surface area contributed by atoms with Gasteiger partial charge in [-0.3, -0.25) is 10.3 Å². The number of nitrogens with zero attached hydrogens (tertiary/aromatic N) is 4. The number of rotatable bonds is 5. The van der Waals surface area contributed by atoms with Gasteiger partial charge < -0.3 is 10.2 Å². The SMILES string of the molecule is CNC(=O)NN1CCC(CCN2CCN(c3nsc4ccccc34)CC2)CC1. The Morgan fingerprint density at radius 2 is 1.89 bits per heavy atom. The fourth-order valence-corrected chi connectivity index (χ4v) is 4.98. The van der Waals surface area contributed by atoms with Crippen molar-refractivity contribution in [1.29, 1.82) is 0 Å². The quantitative estimate of drug-likeness (QED) is 0.804. The molecule has 7 nitrogen and oxygen atoms in total. The van der Waals surface area contributed by atoms with Gasteiger partial charge in [0.15, 0.2) is 0 Å². The van der Waals surface area contributed by atoms with Crippen molar-refractivity contribution in [1.82, 2.24) is 25.0 Å². The predicted octanol–water partition coefficient (Wildman–Crippen LogP) is 2.36. The van der Waals surface area contributed by atoms with E-state index in [0.717, 1.165) is 63.8 Å². The second-order valence-corrected chi connectivity index (χ2v) is 8.55. The van der Waals surface area contributed by atoms with Crippen molar-refractivity contribution in [3.05, 3.63) is 24.3 Å². The molecule has 2 amide bonds. The topological polar surface area (TPSA) is 63.7 Å². The third-order valence-electron chi connectivity index (χ3n) is 5.99. The molecule has 8 heteroatoms. The normalized spacial score (nSPS) is 19.8. The van der Waals surface area contributed by atoms with E-state index in [2.05, 4.69) is 44.8 Å². The van der Waals surface area contributed by atoms with Gasteiger partial charge in [0.2, 0.25) is 0 Å². The second-order valence-electron chi connectivity index (χ2n) is 7.74. The number of carbonyl (C=O) groups excluding carboxylic acids is 1. The first-order chi connectivity index (χ1) is 13.7. The average Bonchev–Trinajstić information content (AvgIpc) is 3.18. The third kappa shape index (κ3) is 4.56. The average molecular weight is 403 g/mol. The van der Waals surface area contributed by atoms with E-state index < -0.39 is 0 Å². The summed E-state index contributed by atoms with van der Waals surface area (Å²) >= 11 is 1.60. The fourth-order valence-electron chi connectivity index (χ4n) is 4.18. The summed E-state index contributed by atoms with van der Waals surface area (Å²) in [7, 11) is 1.65. The zero-order valence-electron chi connectivity index (χ0n) is 16.6. The molecule has 2 N–H and O–H groups in total. The van der Waals surface area contributed by atoms with Crippen LogP contribution in [-0.4, -0.2) is 73.2 Å². The molecule has 0 atom stereocenters. The minimum atomic E-state index is -0.121. The first-order valence-corrected chi connectivity index (χ1v) is 11.1. The van der Waals surface area contributed by atoms with Crippen LogP contribution in [0.4, 0.5) is 10.6 Å². The lowest BCUT2D eigenvalue weighted by molar-refractivity contribution is 0.121. The highest BCUT2D eigenvalue weighted by atomic mass is 32.1. The van der Waals surface area contributed by atoms with Gasteiger partial charge in [0.1, 0.15) is 5.82 Å². The standard InChI is InChI=1S/C20H30N6OS/c1-21-20(27)22-26-10-7-16(8-11-26)6-9-24-12-14-25(15-13-24)19-17-4-2-3-5-18(17)28-23-19/h2-5,16H,6-15H2,1H3,(H2,21,22,27). The van der Waals surface area contributed by atoms with Crippen molar-refractivity contribution in [2.75, 3.05) is 57.8 Å². The smallest absolute Gasteiger partial charge is 0.329 e. The van der Waals surface area contributed by atoms with Crippen molar-refractivity contribution in [3.8, 4) is 0 Å². The van der Waals surface area contributed by atoms with Crippen LogP contribution in [0.2, 0.25) is 0 Å². The van der Waals surface area contributed by atoms with Gasteiger partial charge in [-0.25, -0.2) is 9.80 Å². The van der Waals surface area contributed by atoms with Crippen molar-refractivity contribution < 1.29 is 4.79 Å². The molecule has 0 spiro atoms. The number of amides is 2. The van der Waals surface area contributed by atoms with Crippen molar-refractivity contribution in [2.45, 2.75) is 19.3 Å². The summed E-state index contributed by atoms with van der Waals surface area (Å²) in [5.41, 5.74) is 2.89. The molecule has 2 aromatic rings. The van der Waals surface area contributed by atoms with Crippen LogP contribution >= 0.6 is 11.5 Å². The van der Waals surface area contributed by atoms with Crippen LogP contribution in [-0.2, 0) is 0 Å². The first-order valence-electron chi connectivity index (χ1n) is 10.3. The van der Waals surface area contributed by atoms with Crippen LogP contribution in [0.3, 0.4) is 0 Å². The number of hydrazine groups is 1. The molecule has 1 aromatic heterocycles. The second kappa shape index (κ2) is 9.07. The predicted molar refractivity (Wildman–Crippen MR) is 115 cm³/mol. The Morgan fingerprint density at radius 1 is 1.14 bits per heavy atom. The van der Waals surface area contributed by atoms with Crippen molar-refractivity contribution in [2.24, 2.45) is 5.92 Å². The summed E-state index contributed by atoms with van der Waals surface area (Å²) < 4.78 is 5.98. The molecule has 0 bridgehead atoms. The van der Waals surface area contributed by atoms with E-state index in [9.17, 15) is 4.79 Å². The Labute approximate surface area is 170 Å². The highest BCUT2D eigenvalue weighted by molar-refractivity contribution is 7.13. The van der Waals surface area contributed by atoms with Crippen LogP contribution in [0.1, 0.15) is 19.3 Å². The maximum atomic E-state index is 11.4. The van der Waals surface area contributed by atoms with Gasteiger partial charge in [0, 0.05) is 51.7 Å². The highest BCUT2D eigenvalue weighted by Gasteiger charge is 2.23. The maximum Gasteiger partial charge on any atom is 0.329 e. The van der Waals surface area contributed by atoms with Crippen LogP contribution < -0.4 is 15.6 Å². The molecule has 2 saturated heterocycles. The van der Waals surface area contributed by atoms with E-state index in [1.807, 2.05) is 5.01 Å². The summed E-state index contributed by atoms with van der Waals surface area (Å²) in [5, 5.41) is 5.93. The van der Waals surface area contributed by atoms with Crippen LogP contribution in [0, 0.1) is 5.92 Å². The number of fused-ring (bicyclic) bond motifs is 1. The molecule has 0 aliphatic carbocycles. The Kier molecular flexibility index (Phi) is 6.29. The number of nitrogens with one attached hydrogen (secondary N) is 2. The maximum absolute atomic E-state index is 11.4. The number of carbonyl (C=O) groups is 1. The van der Waals surface area contributed by atoms with E-state index in [4.69, 9.17) is 4.37 Å². The Balaban J connectivity index is 1.19. The van der Waals surface area contributed by atoms with Gasteiger partial charge >= 0.3 is 6.03 Å². The Hall–Kier alpha value is -1.90. The van der Waals surface area contributed by atoms with E-state index in [1.165, 1.54) is 23.1 Å². The number of benzene rings is 1. The van der Waals surface area contributed by atoms with Crippen molar-refractivity contribution in [3.63, 3.8) is 0 Å². The number of urea groups is 1. The van der Waals surface area contributed by atoms with Gasteiger partial charge in [-0.1, -0.05) is 12.1 Å². The van der Waals surface area contributed by atoms with E-state index in [-0.39, 0.29) is 6.03 Å². The van der Waals surface area contributed by atoms with Crippen LogP contribution in [0.25, 0.3) is 10.1 Å². The number of piperazine rings is 1. The molecule has 2 fully saturated rings. The van der Waals surface area contributed by atoms with E-state index in [1.54, 1.807) is 18.6 Å². The first kappa shape index (κ1) is 19.4. The van der Waals surface area contributed by atoms with Gasteiger partial charge in [0.05, 0.1) is 4.70 Å². The molecule has 2 aliphatic rings. The number of hydrogen-bond donors (Lipinski definition) is 2. The van der Waals surface area contributed by atoms with Crippen molar-refractivity contribution >= 4 is 33.5 Å². The van der Waals surface area contributed by atoms with Crippen LogP contribution in [0.5, 0.6) is 0 Å². The molecular formula is C20H30N6OS. The number of piperidine rings is 1. The van der Waals surface area contributed by atoms with E-state index in [0.29, 0.717) is 0 Å². The van der Waals surface area contributed by atoms with Gasteiger partial charge in [-0.05, 0) is 55.4 Å². The minimum Gasteiger partial charge on any atom is -0.353 e. The molecular weight excluding hydrogens is 372 g/mol. The Bertz CT molecular complexity index is 780. The zero-order valence-corrected chi connectivity index (χ0v) is 17.4. The lowest BCUT2D eigenvalue weighted by Crippen LogP contribution is -2.50. The molecule has 152 valence electrons. The van der Waals surface area contributed by atoms with Gasteiger partial charge in [0.25, 0.3) is 0 Å². The molecule has 0 unspecified atom stereocenters. The molecule has 3 heterocycles. The lowest BCUT2D eigenvalue weighted by atomic mass is 9.94. The largest absolute Gasteiger partial charge is 0.353 e. The molecule has 28 heavy (non-hydrogen) atoms. The van der Waals surface area contributed by atoms with Crippen LogP contribution in [0.15, 0.2) is 24.3 Å². The molecule has 4 rings (SSSR count). The molecule has 0 radical (unpaired) electrons. The molecule has 2 aliphatic heterocycles. The number of aromatic nitrogens is 1. The summed E-state index contributed by atoms with van der Waals surface area (Å²) in [6.45, 7) is 7.42. The molecule has 1 aromatic carbocycles.